The van der Waals surface area contributed by atoms with E-state index in [2.05, 4.69) is 15.2 Å². The summed E-state index contributed by atoms with van der Waals surface area (Å²) in [7, 11) is 5.54. The zero-order chi connectivity index (χ0) is 12.0. The molecule has 0 heterocycles. The van der Waals surface area contributed by atoms with Crippen LogP contribution in [0.25, 0.3) is 0 Å². The molecule has 4 nitrogen and oxygen atoms in total. The van der Waals surface area contributed by atoms with Crippen LogP contribution < -0.4 is 5.32 Å². The first-order valence-electron chi connectivity index (χ1n) is 6.02. The Labute approximate surface area is 98.1 Å². The van der Waals surface area contributed by atoms with E-state index >= 15 is 0 Å². The molecule has 0 spiro atoms. The highest BCUT2D eigenvalue weighted by Crippen LogP contribution is 2.26. The van der Waals surface area contributed by atoms with Crippen molar-refractivity contribution in [1.82, 2.24) is 10.2 Å². The van der Waals surface area contributed by atoms with Gasteiger partial charge in [-0.05, 0) is 19.9 Å². The van der Waals surface area contributed by atoms with Gasteiger partial charge in [-0.1, -0.05) is 12.8 Å². The lowest BCUT2D eigenvalue weighted by Gasteiger charge is -2.35. The third-order valence-corrected chi connectivity index (χ3v) is 3.36. The minimum Gasteiger partial charge on any atom is -0.358 e. The molecule has 0 bridgehead atoms. The Morgan fingerprint density at radius 1 is 1.50 bits per heavy atom. The lowest BCUT2D eigenvalue weighted by molar-refractivity contribution is -0.122. The topological polar surface area (TPSA) is 44.7 Å². The van der Waals surface area contributed by atoms with Crippen LogP contribution in [0, 0.1) is 5.92 Å². The average Bonchev–Trinajstić information content (AvgIpc) is 2.30. The van der Waals surface area contributed by atoms with Crippen molar-refractivity contribution in [2.24, 2.45) is 10.9 Å². The number of amides is 1. The smallest absolute Gasteiger partial charge is 0.233 e. The van der Waals surface area contributed by atoms with E-state index in [-0.39, 0.29) is 5.91 Å². The largest absolute Gasteiger partial charge is 0.358 e. The molecule has 1 rings (SSSR count). The zero-order valence-electron chi connectivity index (χ0n) is 10.6. The number of nitrogens with one attached hydrogen (secondary N) is 1. The molecular formula is C12H23N3O. The number of carbonyl (C=O) groups excluding carboxylic acids is 1. The van der Waals surface area contributed by atoms with E-state index in [0.29, 0.717) is 18.5 Å². The summed E-state index contributed by atoms with van der Waals surface area (Å²) in [5.74, 6) is 0.591. The van der Waals surface area contributed by atoms with Gasteiger partial charge < -0.3 is 10.3 Å². The highest BCUT2D eigenvalue weighted by Gasteiger charge is 2.27. The van der Waals surface area contributed by atoms with Gasteiger partial charge in [-0.2, -0.15) is 0 Å². The number of hydrogen-bond acceptors (Lipinski definition) is 3. The van der Waals surface area contributed by atoms with Crippen molar-refractivity contribution in [2.45, 2.75) is 31.7 Å². The number of rotatable bonds is 4. The third kappa shape index (κ3) is 3.59. The maximum atomic E-state index is 11.3. The van der Waals surface area contributed by atoms with E-state index < -0.39 is 0 Å². The van der Waals surface area contributed by atoms with Crippen molar-refractivity contribution in [3.63, 3.8) is 0 Å². The van der Waals surface area contributed by atoms with Gasteiger partial charge in [0.2, 0.25) is 5.91 Å². The highest BCUT2D eigenvalue weighted by atomic mass is 16.1. The summed E-state index contributed by atoms with van der Waals surface area (Å²) in [6.07, 6.45) is 6.95. The minimum absolute atomic E-state index is 0.0836. The Morgan fingerprint density at radius 2 is 2.19 bits per heavy atom. The molecule has 1 aliphatic rings. The second-order valence-electron chi connectivity index (χ2n) is 4.51. The molecule has 1 fully saturated rings. The van der Waals surface area contributed by atoms with Crippen LogP contribution in [0.4, 0.5) is 0 Å². The Hall–Kier alpha value is -0.900. The standard InChI is InChI=1S/C12H23N3O/c1-13-8-10-6-4-5-7-11(10)15(3)9-12(16)14-2/h8,10-11H,4-7,9H2,1-3H3,(H,14,16)/b13-8+/t10?,11-/m0/s1. The molecule has 1 saturated carbocycles. The van der Waals surface area contributed by atoms with Gasteiger partial charge in [0.25, 0.3) is 0 Å². The number of hydrogen-bond donors (Lipinski definition) is 1. The normalized spacial score (nSPS) is 26.2. The molecule has 1 aliphatic carbocycles. The van der Waals surface area contributed by atoms with Crippen molar-refractivity contribution in [1.29, 1.82) is 0 Å². The van der Waals surface area contributed by atoms with Crippen LogP contribution in [0.5, 0.6) is 0 Å². The Morgan fingerprint density at radius 3 is 2.81 bits per heavy atom. The Bertz CT molecular complexity index is 253. The minimum atomic E-state index is 0.0836. The van der Waals surface area contributed by atoms with Gasteiger partial charge in [0.1, 0.15) is 0 Å². The molecular weight excluding hydrogens is 202 g/mol. The first kappa shape index (κ1) is 13.2. The molecule has 0 aliphatic heterocycles. The number of carbonyl (C=O) groups is 1. The van der Waals surface area contributed by atoms with Crippen molar-refractivity contribution in [3.8, 4) is 0 Å². The predicted molar refractivity (Wildman–Crippen MR) is 66.9 cm³/mol. The molecule has 1 amide bonds. The van der Waals surface area contributed by atoms with Crippen LogP contribution in [0.2, 0.25) is 0 Å². The summed E-state index contributed by atoms with van der Waals surface area (Å²) >= 11 is 0. The molecule has 4 heteroatoms. The predicted octanol–water partition coefficient (Wildman–Crippen LogP) is 0.924. The third-order valence-electron chi connectivity index (χ3n) is 3.36. The van der Waals surface area contributed by atoms with Crippen molar-refractivity contribution in [3.05, 3.63) is 0 Å². The van der Waals surface area contributed by atoms with E-state index in [1.54, 1.807) is 7.05 Å². The number of nitrogens with zero attached hydrogens (tertiary/aromatic N) is 2. The van der Waals surface area contributed by atoms with Gasteiger partial charge in [0, 0.05) is 32.3 Å². The van der Waals surface area contributed by atoms with E-state index in [1.165, 1.54) is 25.7 Å². The van der Waals surface area contributed by atoms with Gasteiger partial charge in [0.05, 0.1) is 6.54 Å². The van der Waals surface area contributed by atoms with E-state index in [4.69, 9.17) is 0 Å². The summed E-state index contributed by atoms with van der Waals surface area (Å²) in [5.41, 5.74) is 0. The average molecular weight is 225 g/mol. The van der Waals surface area contributed by atoms with Gasteiger partial charge in [0.15, 0.2) is 0 Å². The van der Waals surface area contributed by atoms with Gasteiger partial charge in [-0.15, -0.1) is 0 Å². The molecule has 0 aromatic heterocycles. The Kier molecular flexibility index (Phi) is 5.46. The molecule has 0 aromatic rings. The second kappa shape index (κ2) is 6.63. The lowest BCUT2D eigenvalue weighted by atomic mass is 9.84. The molecule has 2 atom stereocenters. The van der Waals surface area contributed by atoms with Gasteiger partial charge in [-0.3, -0.25) is 9.69 Å². The summed E-state index contributed by atoms with van der Waals surface area (Å²) < 4.78 is 0. The fourth-order valence-electron chi connectivity index (χ4n) is 2.48. The van der Waals surface area contributed by atoms with E-state index in [0.717, 1.165) is 0 Å². The molecule has 0 radical (unpaired) electrons. The first-order chi connectivity index (χ1) is 7.69. The monoisotopic (exact) mass is 225 g/mol. The van der Waals surface area contributed by atoms with Gasteiger partial charge >= 0.3 is 0 Å². The van der Waals surface area contributed by atoms with E-state index in [9.17, 15) is 4.79 Å². The summed E-state index contributed by atoms with van der Waals surface area (Å²) in [6.45, 7) is 0.481. The molecule has 0 aromatic carbocycles. The number of aliphatic imine (C=N–C) groups is 1. The quantitative estimate of drug-likeness (QED) is 0.723. The highest BCUT2D eigenvalue weighted by molar-refractivity contribution is 5.77. The molecule has 92 valence electrons. The maximum absolute atomic E-state index is 11.3. The fourth-order valence-corrected chi connectivity index (χ4v) is 2.48. The van der Waals surface area contributed by atoms with Crippen LogP contribution in [0.3, 0.4) is 0 Å². The zero-order valence-corrected chi connectivity index (χ0v) is 10.6. The Balaban J connectivity index is 2.56. The molecule has 16 heavy (non-hydrogen) atoms. The van der Waals surface area contributed by atoms with Crippen LogP contribution in [-0.2, 0) is 4.79 Å². The van der Waals surface area contributed by atoms with Crippen LogP contribution in [-0.4, -0.2) is 50.8 Å². The summed E-state index contributed by atoms with van der Waals surface area (Å²) in [6, 6.07) is 0.467. The summed E-state index contributed by atoms with van der Waals surface area (Å²) in [5, 5.41) is 2.67. The van der Waals surface area contributed by atoms with E-state index in [1.807, 2.05) is 20.3 Å². The second-order valence-corrected chi connectivity index (χ2v) is 4.51. The number of likely N-dealkylation sites (N-methyl/N-ethyl adjacent to an activating group) is 2. The first-order valence-corrected chi connectivity index (χ1v) is 6.02. The van der Waals surface area contributed by atoms with Crippen molar-refractivity contribution in [2.75, 3.05) is 27.7 Å². The fraction of sp³-hybridized carbons (Fsp3) is 0.833. The molecule has 1 N–H and O–H groups in total. The molecule has 1 unspecified atom stereocenters. The van der Waals surface area contributed by atoms with Crippen LogP contribution >= 0.6 is 0 Å². The van der Waals surface area contributed by atoms with Crippen molar-refractivity contribution < 1.29 is 4.79 Å². The molecule has 0 saturated heterocycles. The lowest BCUT2D eigenvalue weighted by Crippen LogP contribution is -2.45. The van der Waals surface area contributed by atoms with Crippen LogP contribution in [0.15, 0.2) is 4.99 Å². The van der Waals surface area contributed by atoms with Gasteiger partial charge in [-0.25, -0.2) is 0 Å². The summed E-state index contributed by atoms with van der Waals surface area (Å²) in [4.78, 5) is 17.6. The maximum Gasteiger partial charge on any atom is 0.233 e. The van der Waals surface area contributed by atoms with Crippen LogP contribution in [0.1, 0.15) is 25.7 Å². The van der Waals surface area contributed by atoms with Crippen molar-refractivity contribution >= 4 is 12.1 Å². The SMILES string of the molecule is C/N=C/C1CCCC[C@@H]1N(C)CC(=O)NC.